The molecule has 0 aromatic heterocycles. The summed E-state index contributed by atoms with van der Waals surface area (Å²) in [5.74, 6) is -0.454. The van der Waals surface area contributed by atoms with E-state index in [0.717, 1.165) is 0 Å². The number of rotatable bonds is 2. The molecule has 1 aliphatic rings. The van der Waals surface area contributed by atoms with E-state index in [1.807, 2.05) is 13.8 Å². The fourth-order valence-corrected chi connectivity index (χ4v) is 3.35. The van der Waals surface area contributed by atoms with Crippen LogP contribution in [0.2, 0.25) is 0 Å². The van der Waals surface area contributed by atoms with Gasteiger partial charge in [0.1, 0.15) is 11.6 Å². The third kappa shape index (κ3) is 2.64. The second-order valence-corrected chi connectivity index (χ2v) is 7.00. The van der Waals surface area contributed by atoms with Crippen molar-refractivity contribution >= 4 is 10.0 Å². The van der Waals surface area contributed by atoms with Gasteiger partial charge in [0.05, 0.1) is 12.4 Å². The van der Waals surface area contributed by atoms with E-state index in [0.29, 0.717) is 17.9 Å². The SMILES string of the molecule is CC1(C)COc2cc(F)ccc2[C@H]1CS(N)(=O)=O. The second kappa shape index (κ2) is 4.20. The molecular formula is C12H16FNO3S. The first-order valence-corrected chi connectivity index (χ1v) is 7.33. The van der Waals surface area contributed by atoms with E-state index in [1.165, 1.54) is 12.1 Å². The number of hydrogen-bond acceptors (Lipinski definition) is 3. The lowest BCUT2D eigenvalue weighted by atomic mass is 9.75. The summed E-state index contributed by atoms with van der Waals surface area (Å²) in [6.45, 7) is 4.16. The molecule has 0 saturated heterocycles. The fourth-order valence-electron chi connectivity index (χ4n) is 2.25. The van der Waals surface area contributed by atoms with Gasteiger partial charge in [0.15, 0.2) is 0 Å². The van der Waals surface area contributed by atoms with Crippen molar-refractivity contribution in [2.45, 2.75) is 19.8 Å². The molecule has 1 aliphatic heterocycles. The van der Waals surface area contributed by atoms with Crippen LogP contribution in [0.25, 0.3) is 0 Å². The molecule has 18 heavy (non-hydrogen) atoms. The number of sulfonamides is 1. The standard InChI is InChI=1S/C12H16FNO3S/c1-12(2)7-17-11-5-8(13)3-4-9(11)10(12)6-18(14,15)16/h3-5,10H,6-7H2,1-2H3,(H2,14,15,16)/t10-/m1/s1. The topological polar surface area (TPSA) is 69.4 Å². The van der Waals surface area contributed by atoms with Gasteiger partial charge in [-0.3, -0.25) is 0 Å². The molecule has 0 amide bonds. The molecule has 2 rings (SSSR count). The largest absolute Gasteiger partial charge is 0.493 e. The van der Waals surface area contributed by atoms with Crippen LogP contribution in [0.5, 0.6) is 5.75 Å². The van der Waals surface area contributed by atoms with E-state index in [9.17, 15) is 12.8 Å². The maximum Gasteiger partial charge on any atom is 0.209 e. The van der Waals surface area contributed by atoms with E-state index in [4.69, 9.17) is 9.88 Å². The zero-order valence-corrected chi connectivity index (χ0v) is 11.1. The molecular weight excluding hydrogens is 257 g/mol. The molecule has 0 saturated carbocycles. The lowest BCUT2D eigenvalue weighted by Gasteiger charge is -2.39. The molecule has 0 unspecified atom stereocenters. The van der Waals surface area contributed by atoms with Crippen LogP contribution < -0.4 is 9.88 Å². The smallest absolute Gasteiger partial charge is 0.209 e. The summed E-state index contributed by atoms with van der Waals surface area (Å²) in [6, 6.07) is 4.15. The average Bonchev–Trinajstić information content (AvgIpc) is 2.21. The number of primary sulfonamides is 1. The maximum atomic E-state index is 13.1. The minimum absolute atomic E-state index is 0.165. The molecule has 0 spiro atoms. The Morgan fingerprint density at radius 1 is 1.50 bits per heavy atom. The number of halogens is 1. The van der Waals surface area contributed by atoms with Crippen molar-refractivity contribution in [3.05, 3.63) is 29.6 Å². The van der Waals surface area contributed by atoms with Gasteiger partial charge < -0.3 is 4.74 Å². The maximum absolute atomic E-state index is 13.1. The third-order valence-electron chi connectivity index (χ3n) is 3.29. The summed E-state index contributed by atoms with van der Waals surface area (Å²) in [5, 5.41) is 5.13. The number of nitrogens with two attached hydrogens (primary N) is 1. The number of ether oxygens (including phenoxy) is 1. The molecule has 0 fully saturated rings. The van der Waals surface area contributed by atoms with Crippen LogP contribution in [0.15, 0.2) is 18.2 Å². The first-order valence-electron chi connectivity index (χ1n) is 5.62. The van der Waals surface area contributed by atoms with Crippen molar-refractivity contribution in [2.24, 2.45) is 10.6 Å². The molecule has 4 nitrogen and oxygen atoms in total. The zero-order valence-electron chi connectivity index (χ0n) is 10.3. The van der Waals surface area contributed by atoms with Crippen molar-refractivity contribution in [2.75, 3.05) is 12.4 Å². The highest BCUT2D eigenvalue weighted by Crippen LogP contribution is 2.44. The minimum Gasteiger partial charge on any atom is -0.493 e. The molecule has 0 radical (unpaired) electrons. The third-order valence-corrected chi connectivity index (χ3v) is 4.09. The van der Waals surface area contributed by atoms with E-state index in [2.05, 4.69) is 0 Å². The summed E-state index contributed by atoms with van der Waals surface area (Å²) in [4.78, 5) is 0. The summed E-state index contributed by atoms with van der Waals surface area (Å²) in [6.07, 6.45) is 0. The Kier molecular flexibility index (Phi) is 3.11. The Balaban J connectivity index is 2.48. The van der Waals surface area contributed by atoms with Crippen molar-refractivity contribution in [1.29, 1.82) is 0 Å². The molecule has 6 heteroatoms. The first-order chi connectivity index (χ1) is 8.19. The van der Waals surface area contributed by atoms with Crippen LogP contribution in [-0.4, -0.2) is 20.8 Å². The van der Waals surface area contributed by atoms with Crippen LogP contribution in [0.1, 0.15) is 25.3 Å². The van der Waals surface area contributed by atoms with Crippen molar-refractivity contribution in [3.63, 3.8) is 0 Å². The Morgan fingerprint density at radius 3 is 2.78 bits per heavy atom. The molecule has 2 N–H and O–H groups in total. The predicted molar refractivity (Wildman–Crippen MR) is 66.4 cm³/mol. The van der Waals surface area contributed by atoms with Crippen LogP contribution in [0.3, 0.4) is 0 Å². The Morgan fingerprint density at radius 2 is 2.17 bits per heavy atom. The lowest BCUT2D eigenvalue weighted by molar-refractivity contribution is 0.128. The monoisotopic (exact) mass is 273 g/mol. The fraction of sp³-hybridized carbons (Fsp3) is 0.500. The Hall–Kier alpha value is -1.14. The molecule has 1 atom stereocenters. The summed E-state index contributed by atoms with van der Waals surface area (Å²) < 4.78 is 41.3. The minimum atomic E-state index is -3.60. The predicted octanol–water partition coefficient (Wildman–Crippen LogP) is 1.62. The van der Waals surface area contributed by atoms with Crippen molar-refractivity contribution < 1.29 is 17.5 Å². The lowest BCUT2D eigenvalue weighted by Crippen LogP contribution is -2.38. The van der Waals surface area contributed by atoms with Gasteiger partial charge in [0.25, 0.3) is 0 Å². The molecule has 100 valence electrons. The normalized spacial score (nSPS) is 22.1. The van der Waals surface area contributed by atoms with Crippen LogP contribution in [0, 0.1) is 11.2 Å². The molecule has 0 aliphatic carbocycles. The number of benzene rings is 1. The Labute approximate surface area is 106 Å². The van der Waals surface area contributed by atoms with Gasteiger partial charge in [-0.2, -0.15) is 0 Å². The van der Waals surface area contributed by atoms with E-state index >= 15 is 0 Å². The van der Waals surface area contributed by atoms with Gasteiger partial charge >= 0.3 is 0 Å². The molecule has 1 heterocycles. The molecule has 1 aromatic carbocycles. The van der Waals surface area contributed by atoms with Gasteiger partial charge in [0.2, 0.25) is 10.0 Å². The van der Waals surface area contributed by atoms with Gasteiger partial charge in [-0.05, 0) is 11.6 Å². The quantitative estimate of drug-likeness (QED) is 0.890. The number of hydrogen-bond donors (Lipinski definition) is 1. The van der Waals surface area contributed by atoms with Gasteiger partial charge in [0, 0.05) is 17.4 Å². The average molecular weight is 273 g/mol. The molecule has 0 bridgehead atoms. The van der Waals surface area contributed by atoms with E-state index in [1.54, 1.807) is 6.07 Å². The van der Waals surface area contributed by atoms with Crippen molar-refractivity contribution in [3.8, 4) is 5.75 Å². The van der Waals surface area contributed by atoms with Crippen LogP contribution >= 0.6 is 0 Å². The highest BCUT2D eigenvalue weighted by atomic mass is 32.2. The van der Waals surface area contributed by atoms with E-state index < -0.39 is 15.8 Å². The van der Waals surface area contributed by atoms with Gasteiger partial charge in [-0.1, -0.05) is 19.9 Å². The Bertz CT molecular complexity index is 569. The summed E-state index contributed by atoms with van der Waals surface area (Å²) in [7, 11) is -3.60. The zero-order chi connectivity index (χ0) is 13.6. The van der Waals surface area contributed by atoms with Gasteiger partial charge in [-0.15, -0.1) is 0 Å². The van der Waals surface area contributed by atoms with Gasteiger partial charge in [-0.25, -0.2) is 17.9 Å². The van der Waals surface area contributed by atoms with E-state index in [-0.39, 0.29) is 17.1 Å². The first kappa shape index (κ1) is 13.3. The highest BCUT2D eigenvalue weighted by Gasteiger charge is 2.39. The van der Waals surface area contributed by atoms with Crippen molar-refractivity contribution in [1.82, 2.24) is 0 Å². The molecule has 1 aromatic rings. The summed E-state index contributed by atoms with van der Waals surface area (Å²) in [5.41, 5.74) is 0.332. The second-order valence-electron chi connectivity index (χ2n) is 5.34. The van der Waals surface area contributed by atoms with Crippen LogP contribution in [-0.2, 0) is 10.0 Å². The summed E-state index contributed by atoms with van der Waals surface area (Å²) >= 11 is 0. The number of fused-ring (bicyclic) bond motifs is 1. The van der Waals surface area contributed by atoms with Crippen LogP contribution in [0.4, 0.5) is 4.39 Å². The highest BCUT2D eigenvalue weighted by molar-refractivity contribution is 7.89.